The van der Waals surface area contributed by atoms with E-state index in [4.69, 9.17) is 0 Å². The molecule has 6 heteroatoms. The minimum Gasteiger partial charge on any atom is -0.345 e. The maximum absolute atomic E-state index is 13.4. The maximum atomic E-state index is 13.4. The third-order valence-electron chi connectivity index (χ3n) is 3.32. The van der Waals surface area contributed by atoms with Crippen LogP contribution in [0.2, 0.25) is 0 Å². The largest absolute Gasteiger partial charge is 0.345 e. The van der Waals surface area contributed by atoms with E-state index in [1.165, 1.54) is 12.1 Å². The number of halogens is 2. The quantitative estimate of drug-likeness (QED) is 0.895. The number of hydrogen-bond acceptors (Lipinski definition) is 2. The first-order chi connectivity index (χ1) is 9.36. The van der Waals surface area contributed by atoms with Crippen molar-refractivity contribution in [3.63, 3.8) is 0 Å². The first-order valence-electron chi connectivity index (χ1n) is 6.41. The van der Waals surface area contributed by atoms with Gasteiger partial charge < -0.3 is 10.2 Å². The number of carbonyl (C=O) groups excluding carboxylic acids is 2. The lowest BCUT2D eigenvalue weighted by molar-refractivity contribution is -0.135. The molecule has 1 fully saturated rings. The molecule has 0 aromatic heterocycles. The Morgan fingerprint density at radius 2 is 2.05 bits per heavy atom. The average Bonchev–Trinajstić information content (AvgIpc) is 2.40. The van der Waals surface area contributed by atoms with E-state index in [1.54, 1.807) is 17.9 Å². The molecule has 1 saturated heterocycles. The zero-order valence-corrected chi connectivity index (χ0v) is 12.9. The summed E-state index contributed by atoms with van der Waals surface area (Å²) in [5.41, 5.74) is 0.693. The van der Waals surface area contributed by atoms with Crippen LogP contribution in [0.5, 0.6) is 0 Å². The standard InChI is InChI=1S/C14H16BrFN2O2/c1-8-3-13(19)17-9(2)14(20)18(8)7-10-4-11(15)6-12(16)5-10/h4-6,8-9H,3,7H2,1-2H3,(H,17,19). The van der Waals surface area contributed by atoms with Crippen molar-refractivity contribution in [2.24, 2.45) is 0 Å². The summed E-state index contributed by atoms with van der Waals surface area (Å²) < 4.78 is 14.0. The Morgan fingerprint density at radius 1 is 1.35 bits per heavy atom. The third-order valence-corrected chi connectivity index (χ3v) is 3.78. The summed E-state index contributed by atoms with van der Waals surface area (Å²) in [4.78, 5) is 25.5. The van der Waals surface area contributed by atoms with Gasteiger partial charge in [0.1, 0.15) is 11.9 Å². The molecule has 1 heterocycles. The van der Waals surface area contributed by atoms with Crippen LogP contribution < -0.4 is 5.32 Å². The molecule has 0 spiro atoms. The molecule has 1 aliphatic heterocycles. The molecule has 0 saturated carbocycles. The Kier molecular flexibility index (Phi) is 4.42. The minimum absolute atomic E-state index is 0.138. The van der Waals surface area contributed by atoms with Crippen molar-refractivity contribution in [2.45, 2.75) is 38.9 Å². The van der Waals surface area contributed by atoms with Gasteiger partial charge in [-0.2, -0.15) is 0 Å². The molecule has 2 amide bonds. The fourth-order valence-corrected chi connectivity index (χ4v) is 2.85. The zero-order valence-electron chi connectivity index (χ0n) is 11.3. The molecule has 4 nitrogen and oxygen atoms in total. The van der Waals surface area contributed by atoms with E-state index >= 15 is 0 Å². The molecule has 20 heavy (non-hydrogen) atoms. The normalized spacial score (nSPS) is 23.5. The number of carbonyl (C=O) groups is 2. The Labute approximate surface area is 125 Å². The first-order valence-corrected chi connectivity index (χ1v) is 7.21. The predicted molar refractivity (Wildman–Crippen MR) is 76.3 cm³/mol. The van der Waals surface area contributed by atoms with Crippen LogP contribution in [0.1, 0.15) is 25.8 Å². The molecule has 1 aromatic carbocycles. The van der Waals surface area contributed by atoms with Gasteiger partial charge in [-0.15, -0.1) is 0 Å². The van der Waals surface area contributed by atoms with Crippen LogP contribution in [0.25, 0.3) is 0 Å². The van der Waals surface area contributed by atoms with Gasteiger partial charge in [-0.05, 0) is 37.6 Å². The van der Waals surface area contributed by atoms with Crippen molar-refractivity contribution in [3.8, 4) is 0 Å². The van der Waals surface area contributed by atoms with E-state index < -0.39 is 6.04 Å². The van der Waals surface area contributed by atoms with E-state index in [-0.39, 0.29) is 36.6 Å². The van der Waals surface area contributed by atoms with Gasteiger partial charge in [-0.3, -0.25) is 9.59 Å². The van der Waals surface area contributed by atoms with E-state index in [1.807, 2.05) is 6.92 Å². The van der Waals surface area contributed by atoms with Crippen molar-refractivity contribution >= 4 is 27.7 Å². The van der Waals surface area contributed by atoms with Crippen molar-refractivity contribution in [2.75, 3.05) is 0 Å². The van der Waals surface area contributed by atoms with Gasteiger partial charge in [0.15, 0.2) is 0 Å². The van der Waals surface area contributed by atoms with Crippen molar-refractivity contribution < 1.29 is 14.0 Å². The molecule has 1 aromatic rings. The number of rotatable bonds is 2. The van der Waals surface area contributed by atoms with Crippen LogP contribution in [0.3, 0.4) is 0 Å². The number of nitrogens with one attached hydrogen (secondary N) is 1. The summed E-state index contributed by atoms with van der Waals surface area (Å²) in [5, 5.41) is 2.65. The number of nitrogens with zero attached hydrogens (tertiary/aromatic N) is 1. The smallest absolute Gasteiger partial charge is 0.245 e. The van der Waals surface area contributed by atoms with E-state index in [2.05, 4.69) is 21.2 Å². The van der Waals surface area contributed by atoms with E-state index in [9.17, 15) is 14.0 Å². The topological polar surface area (TPSA) is 49.4 Å². The lowest BCUT2D eigenvalue weighted by Gasteiger charge is -2.28. The molecule has 0 radical (unpaired) electrons. The SMILES string of the molecule is CC1NC(=O)CC(C)N(Cc2cc(F)cc(Br)c2)C1=O. The van der Waals surface area contributed by atoms with Gasteiger partial charge in [0.05, 0.1) is 0 Å². The van der Waals surface area contributed by atoms with Crippen LogP contribution in [-0.2, 0) is 16.1 Å². The maximum Gasteiger partial charge on any atom is 0.245 e. The van der Waals surface area contributed by atoms with Gasteiger partial charge in [0.2, 0.25) is 11.8 Å². The zero-order chi connectivity index (χ0) is 14.9. The number of amides is 2. The van der Waals surface area contributed by atoms with Crippen LogP contribution in [0, 0.1) is 5.82 Å². The molecule has 0 bridgehead atoms. The summed E-state index contributed by atoms with van der Waals surface area (Å²) >= 11 is 3.23. The fraction of sp³-hybridized carbons (Fsp3) is 0.429. The Hall–Kier alpha value is -1.43. The van der Waals surface area contributed by atoms with Crippen molar-refractivity contribution in [3.05, 3.63) is 34.1 Å². The molecule has 2 atom stereocenters. The molecular formula is C14H16BrFN2O2. The molecule has 1 N–H and O–H groups in total. The summed E-state index contributed by atoms with van der Waals surface area (Å²) in [6.07, 6.45) is 0.257. The molecule has 1 aliphatic rings. The lowest BCUT2D eigenvalue weighted by Crippen LogP contribution is -2.44. The summed E-state index contributed by atoms with van der Waals surface area (Å²) in [6, 6.07) is 3.77. The molecule has 0 aliphatic carbocycles. The molecular weight excluding hydrogens is 327 g/mol. The highest BCUT2D eigenvalue weighted by molar-refractivity contribution is 9.10. The highest BCUT2D eigenvalue weighted by Crippen LogP contribution is 2.19. The fourth-order valence-electron chi connectivity index (χ4n) is 2.34. The van der Waals surface area contributed by atoms with Gasteiger partial charge >= 0.3 is 0 Å². The highest BCUT2D eigenvalue weighted by atomic mass is 79.9. The van der Waals surface area contributed by atoms with E-state index in [0.717, 1.165) is 0 Å². The highest BCUT2D eigenvalue weighted by Gasteiger charge is 2.31. The second-order valence-corrected chi connectivity index (χ2v) is 6.00. The second kappa shape index (κ2) is 5.91. The van der Waals surface area contributed by atoms with Crippen LogP contribution in [0.15, 0.2) is 22.7 Å². The van der Waals surface area contributed by atoms with Crippen molar-refractivity contribution in [1.29, 1.82) is 0 Å². The summed E-state index contributed by atoms with van der Waals surface area (Å²) in [7, 11) is 0. The molecule has 2 unspecified atom stereocenters. The third kappa shape index (κ3) is 3.36. The minimum atomic E-state index is -0.551. The lowest BCUT2D eigenvalue weighted by atomic mass is 10.1. The Balaban J connectivity index is 2.25. The summed E-state index contributed by atoms with van der Waals surface area (Å²) in [5.74, 6) is -0.642. The van der Waals surface area contributed by atoms with Gasteiger partial charge in [-0.1, -0.05) is 15.9 Å². The van der Waals surface area contributed by atoms with Gasteiger partial charge in [-0.25, -0.2) is 4.39 Å². The van der Waals surface area contributed by atoms with Crippen LogP contribution in [0.4, 0.5) is 4.39 Å². The Bertz CT molecular complexity index is 530. The average molecular weight is 343 g/mol. The van der Waals surface area contributed by atoms with Crippen LogP contribution in [-0.4, -0.2) is 28.8 Å². The van der Waals surface area contributed by atoms with Crippen molar-refractivity contribution in [1.82, 2.24) is 10.2 Å². The van der Waals surface area contributed by atoms with E-state index in [0.29, 0.717) is 10.0 Å². The second-order valence-electron chi connectivity index (χ2n) is 5.09. The number of benzene rings is 1. The number of hydrogen-bond donors (Lipinski definition) is 1. The molecule has 108 valence electrons. The van der Waals surface area contributed by atoms with Gasteiger partial charge in [0.25, 0.3) is 0 Å². The Morgan fingerprint density at radius 3 is 2.70 bits per heavy atom. The first kappa shape index (κ1) is 15.0. The molecule has 2 rings (SSSR count). The predicted octanol–water partition coefficient (Wildman–Crippen LogP) is 2.21. The van der Waals surface area contributed by atoms with Gasteiger partial charge in [0, 0.05) is 23.5 Å². The monoisotopic (exact) mass is 342 g/mol. The summed E-state index contributed by atoms with van der Waals surface area (Å²) in [6.45, 7) is 3.77. The van der Waals surface area contributed by atoms with Crippen LogP contribution >= 0.6 is 15.9 Å².